The lowest BCUT2D eigenvalue weighted by Crippen LogP contribution is -2.27. The Morgan fingerprint density at radius 2 is 1.17 bits per heavy atom. The Hall–Kier alpha value is -1.06. The molecule has 0 fully saturated rings. The Balaban J connectivity index is 1.72. The summed E-state index contributed by atoms with van der Waals surface area (Å²) in [6.45, 7) is 0. The number of nitrogens with zero attached hydrogens (tertiary/aromatic N) is 3. The molecule has 0 saturated heterocycles. The predicted octanol–water partition coefficient (Wildman–Crippen LogP) is 8.79. The van der Waals surface area contributed by atoms with Gasteiger partial charge in [-0.2, -0.15) is 4.52 Å². The van der Waals surface area contributed by atoms with Crippen molar-refractivity contribution in [2.24, 2.45) is 4.52 Å². The van der Waals surface area contributed by atoms with E-state index in [0.29, 0.717) is 17.2 Å². The quantitative estimate of drug-likeness (QED) is 0.240. The molecular formula is C18H15Cl3N3O3P3. The Labute approximate surface area is 191 Å². The van der Waals surface area contributed by atoms with Gasteiger partial charge in [0.05, 0.1) is 0 Å². The summed E-state index contributed by atoms with van der Waals surface area (Å²) in [4.78, 5) is 6.11. The molecule has 6 nitrogen and oxygen atoms in total. The van der Waals surface area contributed by atoms with Gasteiger partial charge in [0.15, 0.2) is 0 Å². The molecule has 0 aliphatic carbocycles. The van der Waals surface area contributed by atoms with Crippen LogP contribution in [0.1, 0.15) is 0 Å². The summed E-state index contributed by atoms with van der Waals surface area (Å²) in [5.74, 6) is -1.35. The molecule has 0 amide bonds. The fourth-order valence-corrected chi connectivity index (χ4v) is 10.7. The van der Waals surface area contributed by atoms with Gasteiger partial charge in [0, 0.05) is 4.60 Å². The van der Waals surface area contributed by atoms with Crippen molar-refractivity contribution >= 4 is 57.1 Å². The van der Waals surface area contributed by atoms with E-state index in [1.807, 2.05) is 91.0 Å². The maximum atomic E-state index is 6.52. The number of rotatable bonds is 6. The molecule has 0 aromatic heterocycles. The van der Waals surface area contributed by atoms with E-state index in [0.717, 1.165) is 0 Å². The van der Waals surface area contributed by atoms with Crippen molar-refractivity contribution in [3.8, 4) is 17.2 Å². The Morgan fingerprint density at radius 3 is 1.70 bits per heavy atom. The largest absolute Gasteiger partial charge is 0.441 e. The van der Waals surface area contributed by atoms with Gasteiger partial charge in [-0.05, 0) is 70.7 Å². The average Bonchev–Trinajstić information content (AvgIpc) is 2.76. The summed E-state index contributed by atoms with van der Waals surface area (Å²) in [5, 5.41) is 0. The molecule has 1 aliphatic heterocycles. The standard InChI is InChI=1S/C18H15Cl3N3O3P3/c19-23-29(27-18-14-8-3-9-15-18)24(25-16-10-4-1-5-11-16)28(22-30(23,20)21)26-17-12-6-2-7-13-17/h1-15H. The Morgan fingerprint density at radius 1 is 0.700 bits per heavy atom. The van der Waals surface area contributed by atoms with Crippen molar-refractivity contribution in [1.29, 1.82) is 0 Å². The fourth-order valence-electron chi connectivity index (χ4n) is 2.30. The highest BCUT2D eigenvalue weighted by atomic mass is 35.9. The van der Waals surface area contributed by atoms with Gasteiger partial charge in [0.25, 0.3) is 0 Å². The molecule has 0 saturated carbocycles. The number of halogens is 3. The molecule has 12 heteroatoms. The third kappa shape index (κ3) is 5.40. The average molecular weight is 521 g/mol. The van der Waals surface area contributed by atoms with E-state index in [9.17, 15) is 0 Å². The van der Waals surface area contributed by atoms with Crippen LogP contribution in [0.3, 0.4) is 0 Å². The van der Waals surface area contributed by atoms with E-state index >= 15 is 0 Å². The van der Waals surface area contributed by atoms with Gasteiger partial charge in [0.1, 0.15) is 17.2 Å². The molecule has 1 heterocycles. The zero-order chi connectivity index (χ0) is 21.0. The highest BCUT2D eigenvalue weighted by Gasteiger charge is 2.50. The number of benzene rings is 3. The lowest BCUT2D eigenvalue weighted by atomic mass is 10.3. The van der Waals surface area contributed by atoms with Gasteiger partial charge in [-0.25, -0.2) is 0 Å². The number of para-hydroxylation sites is 3. The summed E-state index contributed by atoms with van der Waals surface area (Å²) < 4.78 is 19.4. The SMILES string of the molecule is ClN1P(Oc2ccccc2)N(Oc2ccccc2)P(Oc2ccccc2)N=P1(Cl)Cl. The third-order valence-electron chi connectivity index (χ3n) is 3.61. The molecule has 0 bridgehead atoms. The van der Waals surface area contributed by atoms with Crippen LogP contribution in [0.25, 0.3) is 0 Å². The zero-order valence-electron chi connectivity index (χ0n) is 15.2. The molecule has 1 aliphatic rings. The molecule has 4 rings (SSSR count). The van der Waals surface area contributed by atoms with Crippen LogP contribution in [0.15, 0.2) is 95.5 Å². The highest BCUT2D eigenvalue weighted by Crippen LogP contribution is 2.82. The van der Waals surface area contributed by atoms with E-state index in [2.05, 4.69) is 4.52 Å². The monoisotopic (exact) mass is 519 g/mol. The summed E-state index contributed by atoms with van der Waals surface area (Å²) in [7, 11) is -3.60. The van der Waals surface area contributed by atoms with Gasteiger partial charge >= 0.3 is 16.9 Å². The summed E-state index contributed by atoms with van der Waals surface area (Å²) in [6.07, 6.45) is 0. The van der Waals surface area contributed by atoms with E-state index in [4.69, 9.17) is 48.1 Å². The van der Waals surface area contributed by atoms with Crippen LogP contribution in [0.4, 0.5) is 0 Å². The van der Waals surface area contributed by atoms with Crippen LogP contribution in [0.5, 0.6) is 17.2 Å². The highest BCUT2D eigenvalue weighted by molar-refractivity contribution is 8.14. The summed E-state index contributed by atoms with van der Waals surface area (Å²) >= 11 is 19.5. The fraction of sp³-hybridized carbons (Fsp3) is 0. The van der Waals surface area contributed by atoms with Crippen LogP contribution in [-0.4, -0.2) is 8.56 Å². The second-order valence-electron chi connectivity index (χ2n) is 5.76. The molecule has 2 atom stereocenters. The maximum absolute atomic E-state index is 6.52. The van der Waals surface area contributed by atoms with E-state index in [1.54, 1.807) is 0 Å². The topological polar surface area (TPSA) is 46.5 Å². The molecule has 156 valence electrons. The van der Waals surface area contributed by atoms with Gasteiger partial charge in [-0.3, -0.25) is 0 Å². The van der Waals surface area contributed by atoms with E-state index < -0.39 is 22.8 Å². The van der Waals surface area contributed by atoms with Crippen molar-refractivity contribution in [3.63, 3.8) is 0 Å². The first-order valence-electron chi connectivity index (χ1n) is 8.60. The normalized spacial score (nSPS) is 21.4. The van der Waals surface area contributed by atoms with Gasteiger partial charge in [0.2, 0.25) is 5.91 Å². The Bertz CT molecular complexity index is 1020. The summed E-state index contributed by atoms with van der Waals surface area (Å²) in [6, 6.07) is 27.7. The van der Waals surface area contributed by atoms with Gasteiger partial charge in [-0.1, -0.05) is 58.6 Å². The minimum Gasteiger partial charge on any atom is -0.441 e. The van der Waals surface area contributed by atoms with Crippen molar-refractivity contribution in [2.45, 2.75) is 0 Å². The van der Waals surface area contributed by atoms with Crippen molar-refractivity contribution < 1.29 is 13.9 Å². The van der Waals surface area contributed by atoms with Gasteiger partial charge < -0.3 is 13.9 Å². The lowest BCUT2D eigenvalue weighted by molar-refractivity contribution is 0.117. The molecular weight excluding hydrogens is 505 g/mol. The third-order valence-corrected chi connectivity index (χ3v) is 13.7. The molecule has 2 unspecified atom stereocenters. The smallest absolute Gasteiger partial charge is 0.345 e. The van der Waals surface area contributed by atoms with Crippen molar-refractivity contribution in [1.82, 2.24) is 8.56 Å². The van der Waals surface area contributed by atoms with Crippen LogP contribution in [0.2, 0.25) is 0 Å². The first-order chi connectivity index (χ1) is 14.5. The molecule has 0 spiro atoms. The molecule has 30 heavy (non-hydrogen) atoms. The van der Waals surface area contributed by atoms with Gasteiger partial charge in [-0.15, -0.1) is 0 Å². The minimum absolute atomic E-state index is 0.570. The first-order valence-corrected chi connectivity index (χ1v) is 14.8. The predicted molar refractivity (Wildman–Crippen MR) is 126 cm³/mol. The maximum Gasteiger partial charge on any atom is 0.345 e. The minimum atomic E-state index is -3.10. The van der Waals surface area contributed by atoms with Crippen LogP contribution < -0.4 is 13.9 Å². The van der Waals surface area contributed by atoms with Crippen LogP contribution in [0, 0.1) is 0 Å². The molecule has 3 aromatic rings. The van der Waals surface area contributed by atoms with E-state index in [1.165, 1.54) is 8.56 Å². The van der Waals surface area contributed by atoms with Crippen molar-refractivity contribution in [3.05, 3.63) is 91.0 Å². The summed E-state index contributed by atoms with van der Waals surface area (Å²) in [5.41, 5.74) is 0. The lowest BCUT2D eigenvalue weighted by Gasteiger charge is -2.39. The van der Waals surface area contributed by atoms with Crippen molar-refractivity contribution in [2.75, 3.05) is 0 Å². The molecule has 0 radical (unpaired) electrons. The second kappa shape index (κ2) is 10.0. The van der Waals surface area contributed by atoms with Crippen LogP contribution >= 0.6 is 57.1 Å². The molecule has 0 N–H and O–H groups in total. The number of hydrogen-bond donors (Lipinski definition) is 0. The van der Waals surface area contributed by atoms with E-state index in [-0.39, 0.29) is 0 Å². The number of hydrogen-bond acceptors (Lipinski definition) is 6. The second-order valence-corrected chi connectivity index (χ2v) is 15.1. The zero-order valence-corrected chi connectivity index (χ0v) is 20.2. The van der Waals surface area contributed by atoms with Crippen LogP contribution in [-0.2, 0) is 0 Å². The Kier molecular flexibility index (Phi) is 7.41. The molecule has 3 aromatic carbocycles. The first kappa shape index (κ1) is 22.1.